The maximum atomic E-state index is 11.4. The Morgan fingerprint density at radius 2 is 2.20 bits per heavy atom. The number of sulfonamides is 1. The summed E-state index contributed by atoms with van der Waals surface area (Å²) >= 11 is 2.61. The lowest BCUT2D eigenvalue weighted by molar-refractivity contribution is -0.0865. The van der Waals surface area contributed by atoms with E-state index in [0.29, 0.717) is 13.2 Å². The summed E-state index contributed by atoms with van der Waals surface area (Å²) in [5.74, 6) is 0. The molecule has 1 aromatic heterocycles. The summed E-state index contributed by atoms with van der Waals surface area (Å²) in [5.41, 5.74) is 0.807. The van der Waals surface area contributed by atoms with E-state index in [-0.39, 0.29) is 17.1 Å². The zero-order valence-electron chi connectivity index (χ0n) is 10.8. The summed E-state index contributed by atoms with van der Waals surface area (Å²) in [7, 11) is -2.08. The van der Waals surface area contributed by atoms with Crippen LogP contribution in [0.4, 0.5) is 0 Å². The Labute approximate surface area is 125 Å². The predicted octanol–water partition coefficient (Wildman–Crippen LogP) is 1.69. The molecular formula is C11H15NO5S3. The molecule has 0 amide bonds. The number of primary sulfonamides is 1. The van der Waals surface area contributed by atoms with Crippen molar-refractivity contribution >= 4 is 33.1 Å². The standard InChI is InChI=1S/C11H15NO5S3/c1-15-3-4-16-7-17-9-2-5-18-11-8(9)6-10(19-11)20(12,13)14/h2,5-6,9H,3-4,7H2,1H3,(H2,12,13,14). The Hall–Kier alpha value is -0.420. The SMILES string of the molecule is COCCOCOC1C=CSc2sc(S(N)(=O)=O)cc21. The van der Waals surface area contributed by atoms with Crippen LogP contribution < -0.4 is 5.14 Å². The average molecular weight is 337 g/mol. The van der Waals surface area contributed by atoms with E-state index in [4.69, 9.17) is 19.3 Å². The molecule has 9 heteroatoms. The highest BCUT2D eigenvalue weighted by Gasteiger charge is 2.24. The number of hydrogen-bond donors (Lipinski definition) is 1. The van der Waals surface area contributed by atoms with Crippen LogP contribution in [0.15, 0.2) is 26.0 Å². The van der Waals surface area contributed by atoms with E-state index in [9.17, 15) is 8.42 Å². The Morgan fingerprint density at radius 1 is 1.40 bits per heavy atom. The highest BCUT2D eigenvalue weighted by atomic mass is 32.3. The fraction of sp³-hybridized carbons (Fsp3) is 0.455. The minimum Gasteiger partial charge on any atom is -0.382 e. The average Bonchev–Trinajstić information content (AvgIpc) is 2.83. The summed E-state index contributed by atoms with van der Waals surface area (Å²) in [6.45, 7) is 1.06. The number of fused-ring (bicyclic) bond motifs is 1. The lowest BCUT2D eigenvalue weighted by Crippen LogP contribution is -2.11. The minimum atomic E-state index is -3.68. The van der Waals surface area contributed by atoms with E-state index in [1.54, 1.807) is 13.2 Å². The first-order valence-corrected chi connectivity index (χ1v) is 8.95. The maximum Gasteiger partial charge on any atom is 0.247 e. The number of hydrogen-bond acceptors (Lipinski definition) is 7. The fourth-order valence-corrected chi connectivity index (χ4v) is 4.65. The van der Waals surface area contributed by atoms with Gasteiger partial charge in [0.25, 0.3) is 0 Å². The second-order valence-electron chi connectivity index (χ2n) is 3.91. The monoisotopic (exact) mass is 337 g/mol. The van der Waals surface area contributed by atoms with Gasteiger partial charge in [-0.15, -0.1) is 11.3 Å². The van der Waals surface area contributed by atoms with Gasteiger partial charge in [-0.3, -0.25) is 0 Å². The van der Waals surface area contributed by atoms with Crippen LogP contribution >= 0.6 is 23.1 Å². The molecule has 1 unspecified atom stereocenters. The topological polar surface area (TPSA) is 87.8 Å². The predicted molar refractivity (Wildman–Crippen MR) is 77.2 cm³/mol. The Morgan fingerprint density at radius 3 is 2.90 bits per heavy atom. The van der Waals surface area contributed by atoms with Crippen molar-refractivity contribution in [2.24, 2.45) is 5.14 Å². The molecule has 1 aliphatic rings. The van der Waals surface area contributed by atoms with Gasteiger partial charge in [0.15, 0.2) is 0 Å². The quantitative estimate of drug-likeness (QED) is 0.602. The van der Waals surface area contributed by atoms with Gasteiger partial charge in [-0.1, -0.05) is 11.8 Å². The Balaban J connectivity index is 2.01. The van der Waals surface area contributed by atoms with Gasteiger partial charge in [-0.25, -0.2) is 13.6 Å². The van der Waals surface area contributed by atoms with Crippen molar-refractivity contribution in [3.63, 3.8) is 0 Å². The van der Waals surface area contributed by atoms with Crippen molar-refractivity contribution in [2.75, 3.05) is 27.1 Å². The van der Waals surface area contributed by atoms with Gasteiger partial charge in [0.1, 0.15) is 17.1 Å². The van der Waals surface area contributed by atoms with Crippen molar-refractivity contribution in [1.82, 2.24) is 0 Å². The highest BCUT2D eigenvalue weighted by Crippen LogP contribution is 2.43. The smallest absolute Gasteiger partial charge is 0.247 e. The third kappa shape index (κ3) is 4.04. The number of thiophene rings is 1. The molecule has 1 aliphatic heterocycles. The van der Waals surface area contributed by atoms with Gasteiger partial charge in [0.05, 0.1) is 17.4 Å². The summed E-state index contributed by atoms with van der Waals surface area (Å²) in [6, 6.07) is 1.56. The summed E-state index contributed by atoms with van der Waals surface area (Å²) in [4.78, 5) is 0. The van der Waals surface area contributed by atoms with Crippen molar-refractivity contribution < 1.29 is 22.6 Å². The van der Waals surface area contributed by atoms with Crippen LogP contribution in [0, 0.1) is 0 Å². The van der Waals surface area contributed by atoms with Crippen LogP contribution in [-0.4, -0.2) is 35.5 Å². The second kappa shape index (κ2) is 7.03. The molecule has 0 saturated carbocycles. The molecule has 2 rings (SSSR count). The maximum absolute atomic E-state index is 11.4. The van der Waals surface area contributed by atoms with E-state index in [1.807, 2.05) is 11.5 Å². The van der Waals surface area contributed by atoms with Crippen molar-refractivity contribution in [3.8, 4) is 0 Å². The van der Waals surface area contributed by atoms with Gasteiger partial charge in [0.2, 0.25) is 10.0 Å². The first kappa shape index (κ1) is 16.0. The molecule has 20 heavy (non-hydrogen) atoms. The molecule has 1 atom stereocenters. The lowest BCUT2D eigenvalue weighted by atomic mass is 10.2. The van der Waals surface area contributed by atoms with Gasteiger partial charge in [0, 0.05) is 12.7 Å². The second-order valence-corrected chi connectivity index (χ2v) is 7.92. The van der Waals surface area contributed by atoms with Gasteiger partial charge in [-0.2, -0.15) is 0 Å². The molecule has 0 spiro atoms. The normalized spacial score (nSPS) is 18.2. The third-order valence-electron chi connectivity index (χ3n) is 2.48. The molecule has 1 aromatic rings. The minimum absolute atomic E-state index is 0.114. The number of rotatable bonds is 7. The molecule has 0 bridgehead atoms. The fourth-order valence-electron chi connectivity index (χ4n) is 1.54. The van der Waals surface area contributed by atoms with E-state index in [0.717, 1.165) is 21.1 Å². The molecule has 0 aliphatic carbocycles. The van der Waals surface area contributed by atoms with Crippen molar-refractivity contribution in [1.29, 1.82) is 0 Å². The molecule has 0 aromatic carbocycles. The largest absolute Gasteiger partial charge is 0.382 e. The van der Waals surface area contributed by atoms with E-state index < -0.39 is 10.0 Å². The lowest BCUT2D eigenvalue weighted by Gasteiger charge is -2.17. The number of ether oxygens (including phenoxy) is 3. The zero-order valence-corrected chi connectivity index (χ0v) is 13.2. The van der Waals surface area contributed by atoms with Gasteiger partial charge >= 0.3 is 0 Å². The molecule has 0 fully saturated rings. The molecule has 2 heterocycles. The first-order chi connectivity index (χ1) is 9.52. The zero-order chi connectivity index (χ0) is 14.6. The van der Waals surface area contributed by atoms with E-state index in [2.05, 4.69) is 0 Å². The summed E-state index contributed by atoms with van der Waals surface area (Å²) in [6.07, 6.45) is 1.53. The highest BCUT2D eigenvalue weighted by molar-refractivity contribution is 8.04. The molecule has 6 nitrogen and oxygen atoms in total. The van der Waals surface area contributed by atoms with Crippen LogP contribution in [0.2, 0.25) is 0 Å². The Bertz CT molecular complexity index is 581. The van der Waals surface area contributed by atoms with Crippen LogP contribution in [0.1, 0.15) is 11.7 Å². The van der Waals surface area contributed by atoms with E-state index >= 15 is 0 Å². The molecule has 0 radical (unpaired) electrons. The Kier molecular flexibility index (Phi) is 5.61. The van der Waals surface area contributed by atoms with Gasteiger partial charge in [-0.05, 0) is 17.6 Å². The number of nitrogens with two attached hydrogens (primary N) is 1. The van der Waals surface area contributed by atoms with Crippen LogP contribution in [-0.2, 0) is 24.2 Å². The number of methoxy groups -OCH3 is 1. The van der Waals surface area contributed by atoms with Crippen molar-refractivity contribution in [2.45, 2.75) is 14.5 Å². The van der Waals surface area contributed by atoms with E-state index in [1.165, 1.54) is 11.8 Å². The first-order valence-electron chi connectivity index (χ1n) is 5.70. The molecule has 0 saturated heterocycles. The van der Waals surface area contributed by atoms with Gasteiger partial charge < -0.3 is 14.2 Å². The summed E-state index contributed by atoms with van der Waals surface area (Å²) in [5, 5.41) is 7.01. The van der Waals surface area contributed by atoms with Crippen LogP contribution in [0.5, 0.6) is 0 Å². The van der Waals surface area contributed by atoms with Crippen LogP contribution in [0.25, 0.3) is 0 Å². The molecule has 112 valence electrons. The van der Waals surface area contributed by atoms with Crippen molar-refractivity contribution in [3.05, 3.63) is 23.1 Å². The summed E-state index contributed by atoms with van der Waals surface area (Å²) < 4.78 is 39.4. The number of thioether (sulfide) groups is 1. The molecular weight excluding hydrogens is 322 g/mol. The van der Waals surface area contributed by atoms with Crippen LogP contribution in [0.3, 0.4) is 0 Å². The molecule has 2 N–H and O–H groups in total. The third-order valence-corrected chi connectivity index (χ3v) is 6.13.